The molecule has 0 atom stereocenters. The van der Waals surface area contributed by atoms with Crippen LogP contribution in [0.1, 0.15) is 15.9 Å². The molecule has 0 aliphatic heterocycles. The number of anilines is 1. The van der Waals surface area contributed by atoms with Crippen LogP contribution in [0.5, 0.6) is 0 Å². The standard InChI is InChI=1S/C13H7Br2F3N2O/c14-9-4-3-7(6-8(9)13(16,17)18)12(21)20-11-10(15)2-1-5-19-11/h1-6H,(H,19,20,21). The molecule has 21 heavy (non-hydrogen) atoms. The summed E-state index contributed by atoms with van der Waals surface area (Å²) in [5.74, 6) is -0.439. The molecule has 0 aliphatic carbocycles. The lowest BCUT2D eigenvalue weighted by Crippen LogP contribution is -2.15. The van der Waals surface area contributed by atoms with Gasteiger partial charge in [-0.15, -0.1) is 0 Å². The van der Waals surface area contributed by atoms with Gasteiger partial charge < -0.3 is 5.32 Å². The van der Waals surface area contributed by atoms with Crippen molar-refractivity contribution in [3.8, 4) is 0 Å². The molecule has 1 N–H and O–H groups in total. The smallest absolute Gasteiger partial charge is 0.306 e. The fourth-order valence-electron chi connectivity index (χ4n) is 1.54. The van der Waals surface area contributed by atoms with Crippen molar-refractivity contribution in [1.82, 2.24) is 4.98 Å². The van der Waals surface area contributed by atoms with Crippen LogP contribution >= 0.6 is 31.9 Å². The molecular formula is C13H7Br2F3N2O. The second-order valence-corrected chi connectivity index (χ2v) is 5.69. The molecule has 1 heterocycles. The molecule has 2 rings (SSSR count). The van der Waals surface area contributed by atoms with Crippen molar-refractivity contribution >= 4 is 43.6 Å². The summed E-state index contributed by atoms with van der Waals surface area (Å²) in [6.07, 6.45) is -3.08. The SMILES string of the molecule is O=C(Nc1ncccc1Br)c1ccc(Br)c(C(F)(F)F)c1. The molecule has 1 aromatic heterocycles. The molecule has 0 unspecified atom stereocenters. The number of carbonyl (C=O) groups excluding carboxylic acids is 1. The van der Waals surface area contributed by atoms with Gasteiger partial charge in [0, 0.05) is 16.2 Å². The van der Waals surface area contributed by atoms with Crippen LogP contribution in [0.4, 0.5) is 19.0 Å². The highest BCUT2D eigenvalue weighted by Crippen LogP contribution is 2.35. The molecular weight excluding hydrogens is 417 g/mol. The van der Waals surface area contributed by atoms with Gasteiger partial charge in [0.15, 0.2) is 0 Å². The minimum absolute atomic E-state index is 0.108. The average Bonchev–Trinajstić information content (AvgIpc) is 2.40. The summed E-state index contributed by atoms with van der Waals surface area (Å²) >= 11 is 6.01. The summed E-state index contributed by atoms with van der Waals surface area (Å²) in [4.78, 5) is 15.9. The minimum Gasteiger partial charge on any atom is -0.306 e. The van der Waals surface area contributed by atoms with E-state index in [0.29, 0.717) is 4.47 Å². The fraction of sp³-hybridized carbons (Fsp3) is 0.0769. The van der Waals surface area contributed by atoms with Crippen LogP contribution in [0, 0.1) is 0 Å². The van der Waals surface area contributed by atoms with Crippen LogP contribution in [-0.4, -0.2) is 10.9 Å². The highest BCUT2D eigenvalue weighted by atomic mass is 79.9. The summed E-state index contributed by atoms with van der Waals surface area (Å²) in [6.45, 7) is 0. The molecule has 3 nitrogen and oxygen atoms in total. The van der Waals surface area contributed by atoms with Crippen molar-refractivity contribution in [3.63, 3.8) is 0 Å². The number of benzene rings is 1. The Morgan fingerprint density at radius 2 is 1.86 bits per heavy atom. The first-order valence-electron chi connectivity index (χ1n) is 5.57. The van der Waals surface area contributed by atoms with Gasteiger partial charge in [-0.05, 0) is 46.3 Å². The van der Waals surface area contributed by atoms with E-state index < -0.39 is 17.6 Å². The van der Waals surface area contributed by atoms with Gasteiger partial charge in [0.05, 0.1) is 10.0 Å². The van der Waals surface area contributed by atoms with E-state index in [1.807, 2.05) is 0 Å². The number of nitrogens with one attached hydrogen (secondary N) is 1. The Hall–Kier alpha value is -1.41. The van der Waals surface area contributed by atoms with Crippen molar-refractivity contribution in [1.29, 1.82) is 0 Å². The second kappa shape index (κ2) is 6.15. The van der Waals surface area contributed by atoms with E-state index in [0.717, 1.165) is 6.07 Å². The van der Waals surface area contributed by atoms with Crippen molar-refractivity contribution < 1.29 is 18.0 Å². The quantitative estimate of drug-likeness (QED) is 0.748. The molecule has 8 heteroatoms. The van der Waals surface area contributed by atoms with Crippen LogP contribution in [0.15, 0.2) is 45.5 Å². The molecule has 110 valence electrons. The number of amides is 1. The fourth-order valence-corrected chi connectivity index (χ4v) is 2.37. The van der Waals surface area contributed by atoms with Gasteiger partial charge in [-0.25, -0.2) is 4.98 Å². The van der Waals surface area contributed by atoms with Gasteiger partial charge in [0.2, 0.25) is 0 Å². The van der Waals surface area contributed by atoms with E-state index in [1.54, 1.807) is 12.1 Å². The first kappa shape index (κ1) is 16.0. The predicted molar refractivity (Wildman–Crippen MR) is 79.0 cm³/mol. The normalized spacial score (nSPS) is 11.3. The zero-order valence-corrected chi connectivity index (χ0v) is 13.4. The molecule has 0 saturated heterocycles. The van der Waals surface area contributed by atoms with Crippen LogP contribution in [-0.2, 0) is 6.18 Å². The summed E-state index contributed by atoms with van der Waals surface area (Å²) < 4.78 is 38.8. The number of halogens is 5. The Bertz CT molecular complexity index is 689. The molecule has 0 bridgehead atoms. The lowest BCUT2D eigenvalue weighted by molar-refractivity contribution is -0.138. The molecule has 0 saturated carbocycles. The second-order valence-electron chi connectivity index (χ2n) is 3.98. The Labute approximate surface area is 134 Å². The van der Waals surface area contributed by atoms with Crippen LogP contribution < -0.4 is 5.32 Å². The zero-order chi connectivity index (χ0) is 15.6. The number of carbonyl (C=O) groups is 1. The van der Waals surface area contributed by atoms with E-state index in [9.17, 15) is 18.0 Å². The Balaban J connectivity index is 2.31. The molecule has 0 spiro atoms. The third-order valence-corrected chi connectivity index (χ3v) is 3.86. The van der Waals surface area contributed by atoms with Crippen molar-refractivity contribution in [2.45, 2.75) is 6.18 Å². The van der Waals surface area contributed by atoms with Gasteiger partial charge >= 0.3 is 6.18 Å². The highest BCUT2D eigenvalue weighted by molar-refractivity contribution is 9.10. The van der Waals surface area contributed by atoms with Crippen molar-refractivity contribution in [3.05, 3.63) is 56.6 Å². The zero-order valence-electron chi connectivity index (χ0n) is 10.2. The van der Waals surface area contributed by atoms with Gasteiger partial charge in [-0.1, -0.05) is 15.9 Å². The van der Waals surface area contributed by atoms with Crippen LogP contribution in [0.2, 0.25) is 0 Å². The maximum atomic E-state index is 12.8. The first-order chi connectivity index (χ1) is 9.79. The summed E-state index contributed by atoms with van der Waals surface area (Å²) in [5.41, 5.74) is -1.02. The molecule has 1 aromatic carbocycles. The van der Waals surface area contributed by atoms with Gasteiger partial charge in [-0.2, -0.15) is 13.2 Å². The number of nitrogens with zero attached hydrogens (tertiary/aromatic N) is 1. The number of alkyl halides is 3. The molecule has 0 fully saturated rings. The van der Waals surface area contributed by atoms with E-state index >= 15 is 0 Å². The number of hydrogen-bond donors (Lipinski definition) is 1. The topological polar surface area (TPSA) is 42.0 Å². The number of pyridine rings is 1. The van der Waals surface area contributed by atoms with Gasteiger partial charge in [-0.3, -0.25) is 4.79 Å². The number of aromatic nitrogens is 1. The molecule has 0 aliphatic rings. The minimum atomic E-state index is -4.54. The lowest BCUT2D eigenvalue weighted by Gasteiger charge is -2.11. The third kappa shape index (κ3) is 3.82. The van der Waals surface area contributed by atoms with E-state index in [4.69, 9.17) is 0 Å². The van der Waals surface area contributed by atoms with Crippen molar-refractivity contribution in [2.24, 2.45) is 0 Å². The number of rotatable bonds is 2. The summed E-state index contributed by atoms with van der Waals surface area (Å²) in [5, 5.41) is 2.45. The maximum absolute atomic E-state index is 12.8. The Kier molecular flexibility index (Phi) is 4.67. The Morgan fingerprint density at radius 1 is 1.14 bits per heavy atom. The average molecular weight is 424 g/mol. The monoisotopic (exact) mass is 422 g/mol. The van der Waals surface area contributed by atoms with E-state index in [2.05, 4.69) is 42.2 Å². The van der Waals surface area contributed by atoms with Crippen LogP contribution in [0.3, 0.4) is 0 Å². The number of hydrogen-bond acceptors (Lipinski definition) is 2. The van der Waals surface area contributed by atoms with Crippen molar-refractivity contribution in [2.75, 3.05) is 5.32 Å². The van der Waals surface area contributed by atoms with Gasteiger partial charge in [0.25, 0.3) is 5.91 Å². The highest BCUT2D eigenvalue weighted by Gasteiger charge is 2.33. The summed E-state index contributed by atoms with van der Waals surface area (Å²) in [7, 11) is 0. The largest absolute Gasteiger partial charge is 0.417 e. The van der Waals surface area contributed by atoms with Gasteiger partial charge in [0.1, 0.15) is 5.82 Å². The third-order valence-electron chi connectivity index (χ3n) is 2.52. The lowest BCUT2D eigenvalue weighted by atomic mass is 10.1. The predicted octanol–water partition coefficient (Wildman–Crippen LogP) is 4.88. The molecule has 1 amide bonds. The van der Waals surface area contributed by atoms with Crippen LogP contribution in [0.25, 0.3) is 0 Å². The first-order valence-corrected chi connectivity index (χ1v) is 7.16. The van der Waals surface area contributed by atoms with E-state index in [1.165, 1.54) is 18.3 Å². The van der Waals surface area contributed by atoms with E-state index in [-0.39, 0.29) is 15.9 Å². The Morgan fingerprint density at radius 3 is 2.48 bits per heavy atom. The summed E-state index contributed by atoms with van der Waals surface area (Å²) in [6, 6.07) is 6.58. The molecule has 2 aromatic rings. The molecule has 0 radical (unpaired) electrons. The maximum Gasteiger partial charge on any atom is 0.417 e.